The second-order valence-corrected chi connectivity index (χ2v) is 5.94. The van der Waals surface area contributed by atoms with Crippen LogP contribution in [0.15, 0.2) is 6.20 Å². The fourth-order valence-corrected chi connectivity index (χ4v) is 3.37. The largest absolute Gasteiger partial charge is 0.330 e. The molecule has 1 atom stereocenters. The lowest BCUT2D eigenvalue weighted by Gasteiger charge is -2.15. The Balaban J connectivity index is 2.35. The zero-order valence-corrected chi connectivity index (χ0v) is 9.37. The molecule has 1 fully saturated rings. The van der Waals surface area contributed by atoms with Gasteiger partial charge in [-0.05, 0) is 11.8 Å². The summed E-state index contributed by atoms with van der Waals surface area (Å²) in [6, 6.07) is 0. The number of aromatic nitrogens is 1. The predicted molar refractivity (Wildman–Crippen MR) is 56.3 cm³/mol. The van der Waals surface area contributed by atoms with Gasteiger partial charge in [-0.25, -0.2) is 4.98 Å². The lowest BCUT2D eigenvalue weighted by molar-refractivity contribution is 0.509. The Kier molecular flexibility index (Phi) is 1.95. The van der Waals surface area contributed by atoms with Crippen molar-refractivity contribution >= 4 is 22.9 Å². The highest BCUT2D eigenvalue weighted by Crippen LogP contribution is 2.64. The van der Waals surface area contributed by atoms with Crippen LogP contribution in [0.25, 0.3) is 0 Å². The molecular formula is C9H13ClN2S. The maximum atomic E-state index is 5.82. The number of halogens is 1. The second kappa shape index (κ2) is 2.69. The van der Waals surface area contributed by atoms with E-state index >= 15 is 0 Å². The summed E-state index contributed by atoms with van der Waals surface area (Å²) in [5.41, 5.74) is 6.29. The molecule has 1 heterocycles. The molecule has 1 aliphatic rings. The van der Waals surface area contributed by atoms with E-state index in [2.05, 4.69) is 18.8 Å². The van der Waals surface area contributed by atoms with Gasteiger partial charge in [0.25, 0.3) is 0 Å². The highest BCUT2D eigenvalue weighted by atomic mass is 35.5. The zero-order valence-electron chi connectivity index (χ0n) is 7.80. The summed E-state index contributed by atoms with van der Waals surface area (Å²) in [5.74, 6) is 0. The molecule has 72 valence electrons. The summed E-state index contributed by atoms with van der Waals surface area (Å²) < 4.78 is 0.616. The van der Waals surface area contributed by atoms with E-state index < -0.39 is 0 Å². The number of hydrogen-bond donors (Lipinski definition) is 1. The molecule has 0 saturated heterocycles. The summed E-state index contributed by atoms with van der Waals surface area (Å²) >= 11 is 7.37. The van der Waals surface area contributed by atoms with Crippen LogP contribution in [-0.2, 0) is 5.41 Å². The van der Waals surface area contributed by atoms with E-state index in [0.717, 1.165) is 6.42 Å². The Hall–Kier alpha value is -0.120. The third kappa shape index (κ3) is 1.22. The highest BCUT2D eigenvalue weighted by Gasteiger charge is 2.61. The zero-order chi connectivity index (χ0) is 9.69. The topological polar surface area (TPSA) is 38.9 Å². The van der Waals surface area contributed by atoms with Gasteiger partial charge in [-0.1, -0.05) is 25.4 Å². The number of thiazole rings is 1. The minimum absolute atomic E-state index is 0.151. The van der Waals surface area contributed by atoms with Crippen LogP contribution in [0.1, 0.15) is 25.1 Å². The summed E-state index contributed by atoms with van der Waals surface area (Å²) in [6.45, 7) is 5.18. The number of nitrogens with zero attached hydrogens (tertiary/aromatic N) is 1. The van der Waals surface area contributed by atoms with E-state index in [1.54, 1.807) is 11.3 Å². The Morgan fingerprint density at radius 1 is 1.69 bits per heavy atom. The molecule has 1 aromatic heterocycles. The van der Waals surface area contributed by atoms with Gasteiger partial charge < -0.3 is 5.73 Å². The summed E-state index contributed by atoms with van der Waals surface area (Å²) in [4.78, 5) is 5.31. The van der Waals surface area contributed by atoms with Gasteiger partial charge in [0, 0.05) is 23.0 Å². The van der Waals surface area contributed by atoms with Crippen molar-refractivity contribution in [1.29, 1.82) is 0 Å². The Morgan fingerprint density at radius 2 is 2.31 bits per heavy atom. The quantitative estimate of drug-likeness (QED) is 0.825. The van der Waals surface area contributed by atoms with Crippen LogP contribution in [0.3, 0.4) is 0 Å². The Morgan fingerprint density at radius 3 is 2.62 bits per heavy atom. The van der Waals surface area contributed by atoms with Gasteiger partial charge in [-0.15, -0.1) is 11.3 Å². The van der Waals surface area contributed by atoms with Crippen molar-refractivity contribution in [2.75, 3.05) is 6.54 Å². The van der Waals surface area contributed by atoms with E-state index in [4.69, 9.17) is 17.3 Å². The molecule has 0 bridgehead atoms. The fourth-order valence-electron chi connectivity index (χ4n) is 2.05. The molecule has 2 nitrogen and oxygen atoms in total. The van der Waals surface area contributed by atoms with Crippen LogP contribution in [0.2, 0.25) is 4.47 Å². The molecule has 1 aliphatic carbocycles. The molecule has 1 unspecified atom stereocenters. The summed E-state index contributed by atoms with van der Waals surface area (Å²) in [7, 11) is 0. The first-order chi connectivity index (χ1) is 6.02. The van der Waals surface area contributed by atoms with Crippen molar-refractivity contribution in [2.24, 2.45) is 11.1 Å². The minimum Gasteiger partial charge on any atom is -0.330 e. The lowest BCUT2D eigenvalue weighted by Crippen LogP contribution is -2.24. The third-order valence-corrected chi connectivity index (χ3v) is 4.53. The molecule has 2 N–H and O–H groups in total. The second-order valence-electron chi connectivity index (χ2n) is 4.32. The maximum absolute atomic E-state index is 5.82. The van der Waals surface area contributed by atoms with Gasteiger partial charge in [-0.2, -0.15) is 0 Å². The van der Waals surface area contributed by atoms with Crippen molar-refractivity contribution in [3.05, 3.63) is 15.5 Å². The fraction of sp³-hybridized carbons (Fsp3) is 0.667. The van der Waals surface area contributed by atoms with Gasteiger partial charge in [0.05, 0.1) is 0 Å². The van der Waals surface area contributed by atoms with Crippen LogP contribution in [0.4, 0.5) is 0 Å². The van der Waals surface area contributed by atoms with Crippen LogP contribution < -0.4 is 5.73 Å². The van der Waals surface area contributed by atoms with Crippen LogP contribution >= 0.6 is 22.9 Å². The number of rotatable bonds is 2. The number of hydrogen-bond acceptors (Lipinski definition) is 3. The van der Waals surface area contributed by atoms with Crippen LogP contribution in [-0.4, -0.2) is 11.5 Å². The monoisotopic (exact) mass is 216 g/mol. The van der Waals surface area contributed by atoms with Gasteiger partial charge in [-0.3, -0.25) is 0 Å². The first kappa shape index (κ1) is 9.44. The average Bonchev–Trinajstić information content (AvgIpc) is 2.43. The van der Waals surface area contributed by atoms with Crippen molar-refractivity contribution in [3.8, 4) is 0 Å². The highest BCUT2D eigenvalue weighted by molar-refractivity contribution is 7.15. The molecular weight excluding hydrogens is 204 g/mol. The molecule has 0 aromatic carbocycles. The molecule has 1 aromatic rings. The van der Waals surface area contributed by atoms with E-state index in [1.165, 1.54) is 4.88 Å². The molecule has 0 aliphatic heterocycles. The van der Waals surface area contributed by atoms with E-state index in [1.807, 2.05) is 6.20 Å². The predicted octanol–water partition coefficient (Wildman–Crippen LogP) is 2.42. The van der Waals surface area contributed by atoms with Crippen LogP contribution in [0.5, 0.6) is 0 Å². The SMILES string of the molecule is CC1(C)CC1(CN)c1cnc(Cl)s1. The van der Waals surface area contributed by atoms with Crippen molar-refractivity contribution in [3.63, 3.8) is 0 Å². The minimum atomic E-state index is 0.151. The molecule has 13 heavy (non-hydrogen) atoms. The van der Waals surface area contributed by atoms with E-state index in [0.29, 0.717) is 16.4 Å². The molecule has 4 heteroatoms. The van der Waals surface area contributed by atoms with E-state index in [9.17, 15) is 0 Å². The smallest absolute Gasteiger partial charge is 0.183 e. The first-order valence-corrected chi connectivity index (χ1v) is 5.53. The molecule has 0 spiro atoms. The van der Waals surface area contributed by atoms with Gasteiger partial charge in [0.1, 0.15) is 0 Å². The third-order valence-electron chi connectivity index (χ3n) is 3.21. The Bertz CT molecular complexity index is 334. The number of nitrogens with two attached hydrogens (primary N) is 1. The van der Waals surface area contributed by atoms with Crippen LogP contribution in [0, 0.1) is 5.41 Å². The van der Waals surface area contributed by atoms with Gasteiger partial charge >= 0.3 is 0 Å². The molecule has 1 saturated carbocycles. The average molecular weight is 217 g/mol. The molecule has 0 amide bonds. The molecule has 0 radical (unpaired) electrons. The standard InChI is InChI=1S/C9H13ClN2S/c1-8(2)4-9(8,5-11)6-3-12-7(10)13-6/h3H,4-5,11H2,1-2H3. The molecule has 2 rings (SSSR count). The summed E-state index contributed by atoms with van der Waals surface area (Å²) in [6.07, 6.45) is 3.02. The summed E-state index contributed by atoms with van der Waals surface area (Å²) in [5, 5.41) is 0. The van der Waals surface area contributed by atoms with Crippen molar-refractivity contribution < 1.29 is 0 Å². The maximum Gasteiger partial charge on any atom is 0.183 e. The van der Waals surface area contributed by atoms with Gasteiger partial charge in [0.2, 0.25) is 0 Å². The van der Waals surface area contributed by atoms with E-state index in [-0.39, 0.29) is 5.41 Å². The normalized spacial score (nSPS) is 30.5. The lowest BCUT2D eigenvalue weighted by atomic mass is 9.95. The van der Waals surface area contributed by atoms with Crippen molar-refractivity contribution in [2.45, 2.75) is 25.7 Å². The Labute approximate surface area is 87.1 Å². The van der Waals surface area contributed by atoms with Crippen molar-refractivity contribution in [1.82, 2.24) is 4.98 Å². The van der Waals surface area contributed by atoms with Gasteiger partial charge in [0.15, 0.2) is 4.47 Å². The first-order valence-electron chi connectivity index (χ1n) is 4.34.